The number of methoxy groups -OCH3 is 3. The highest BCUT2D eigenvalue weighted by Crippen LogP contribution is 2.28. The molecule has 1 N–H and O–H groups in total. The lowest BCUT2D eigenvalue weighted by Gasteiger charge is -2.32. The monoisotopic (exact) mass is 570 g/mol. The zero-order valence-electron chi connectivity index (χ0n) is 24.9. The maximum atomic E-state index is 14.1. The molecular formula is C35H42N2O5. The number of nitrogens with one attached hydrogen (secondary N) is 1. The van der Waals surface area contributed by atoms with Gasteiger partial charge in [-0.1, -0.05) is 60.2 Å². The fourth-order valence-electron chi connectivity index (χ4n) is 5.34. The van der Waals surface area contributed by atoms with Crippen LogP contribution in [0, 0.1) is 0 Å². The van der Waals surface area contributed by atoms with Gasteiger partial charge in [-0.05, 0) is 73.1 Å². The average molecular weight is 571 g/mol. The minimum absolute atomic E-state index is 0.113. The third kappa shape index (κ3) is 8.62. The van der Waals surface area contributed by atoms with Crippen LogP contribution >= 0.6 is 0 Å². The van der Waals surface area contributed by atoms with Gasteiger partial charge in [-0.2, -0.15) is 0 Å². The summed E-state index contributed by atoms with van der Waals surface area (Å²) in [6.45, 7) is 0.836. The van der Waals surface area contributed by atoms with E-state index in [1.54, 1.807) is 32.3 Å². The van der Waals surface area contributed by atoms with Crippen LogP contribution in [0.2, 0.25) is 0 Å². The van der Waals surface area contributed by atoms with Crippen molar-refractivity contribution < 1.29 is 23.8 Å². The van der Waals surface area contributed by atoms with Crippen molar-refractivity contribution in [1.82, 2.24) is 10.2 Å². The third-order valence-electron chi connectivity index (χ3n) is 7.72. The van der Waals surface area contributed by atoms with Crippen molar-refractivity contribution in [2.45, 2.75) is 57.5 Å². The molecule has 0 aromatic heterocycles. The molecular weight excluding hydrogens is 528 g/mol. The highest BCUT2D eigenvalue weighted by Gasteiger charge is 2.30. The van der Waals surface area contributed by atoms with E-state index in [2.05, 4.69) is 11.4 Å². The number of benzene rings is 3. The first kappa shape index (κ1) is 30.7. The highest BCUT2D eigenvalue weighted by molar-refractivity contribution is 5.89. The molecule has 7 heteroatoms. The van der Waals surface area contributed by atoms with Crippen LogP contribution in [-0.4, -0.2) is 50.6 Å². The lowest BCUT2D eigenvalue weighted by Crippen LogP contribution is -2.51. The van der Waals surface area contributed by atoms with Gasteiger partial charge in [-0.15, -0.1) is 0 Å². The van der Waals surface area contributed by atoms with Gasteiger partial charge in [0.05, 0.1) is 27.8 Å². The van der Waals surface area contributed by atoms with Gasteiger partial charge in [-0.25, -0.2) is 0 Å². The molecule has 0 bridgehead atoms. The molecule has 2 amide bonds. The number of allylic oxidation sites excluding steroid dienone is 1. The smallest absolute Gasteiger partial charge is 0.243 e. The van der Waals surface area contributed by atoms with Crippen LogP contribution in [0.4, 0.5) is 0 Å². The molecule has 0 heterocycles. The minimum atomic E-state index is -0.692. The largest absolute Gasteiger partial charge is 0.497 e. The number of amides is 2. The molecule has 4 rings (SSSR count). The van der Waals surface area contributed by atoms with Crippen molar-refractivity contribution in [3.8, 4) is 17.2 Å². The topological polar surface area (TPSA) is 77.1 Å². The van der Waals surface area contributed by atoms with E-state index < -0.39 is 6.04 Å². The average Bonchev–Trinajstić information content (AvgIpc) is 3.03. The zero-order chi connectivity index (χ0) is 29.7. The molecule has 3 aromatic carbocycles. The SMILES string of the molecule is COc1ccc(CN(C(=O)Cc2ccc(OC)c(OC)c2)[C@H](Cc2ccccc2)C(=O)NCCC2=CCCCC2)cc1. The third-order valence-corrected chi connectivity index (χ3v) is 7.72. The van der Waals surface area contributed by atoms with Gasteiger partial charge in [0.2, 0.25) is 11.8 Å². The summed E-state index contributed by atoms with van der Waals surface area (Å²) >= 11 is 0. The first-order valence-electron chi connectivity index (χ1n) is 14.6. The molecule has 1 atom stereocenters. The molecule has 0 saturated carbocycles. The van der Waals surface area contributed by atoms with Gasteiger partial charge in [0.1, 0.15) is 11.8 Å². The minimum Gasteiger partial charge on any atom is -0.497 e. The molecule has 1 aliphatic carbocycles. The Morgan fingerprint density at radius 2 is 1.57 bits per heavy atom. The van der Waals surface area contributed by atoms with Crippen LogP contribution in [0.1, 0.15) is 48.8 Å². The van der Waals surface area contributed by atoms with E-state index in [-0.39, 0.29) is 24.8 Å². The summed E-state index contributed by atoms with van der Waals surface area (Å²) in [6, 6.07) is 22.2. The summed E-state index contributed by atoms with van der Waals surface area (Å²) in [6.07, 6.45) is 8.30. The zero-order valence-corrected chi connectivity index (χ0v) is 24.9. The summed E-state index contributed by atoms with van der Waals surface area (Å²) in [5.74, 6) is 1.59. The van der Waals surface area contributed by atoms with Crippen LogP contribution < -0.4 is 19.5 Å². The van der Waals surface area contributed by atoms with Crippen LogP contribution in [0.3, 0.4) is 0 Å². The molecule has 0 aliphatic heterocycles. The number of carbonyl (C=O) groups is 2. The Bertz CT molecular complexity index is 1340. The number of carbonyl (C=O) groups excluding carboxylic acids is 2. The molecule has 42 heavy (non-hydrogen) atoms. The van der Waals surface area contributed by atoms with Gasteiger partial charge in [0.15, 0.2) is 11.5 Å². The van der Waals surface area contributed by atoms with Gasteiger partial charge in [-0.3, -0.25) is 9.59 Å². The van der Waals surface area contributed by atoms with Crippen molar-refractivity contribution in [1.29, 1.82) is 0 Å². The predicted octanol–water partition coefficient (Wildman–Crippen LogP) is 5.90. The van der Waals surface area contributed by atoms with Crippen LogP contribution in [-0.2, 0) is 29.0 Å². The lowest BCUT2D eigenvalue weighted by molar-refractivity contribution is -0.140. The van der Waals surface area contributed by atoms with Gasteiger partial charge in [0, 0.05) is 19.5 Å². The Morgan fingerprint density at radius 1 is 0.833 bits per heavy atom. The van der Waals surface area contributed by atoms with E-state index in [0.717, 1.165) is 41.7 Å². The molecule has 3 aromatic rings. The second-order valence-corrected chi connectivity index (χ2v) is 10.6. The van der Waals surface area contributed by atoms with E-state index >= 15 is 0 Å². The summed E-state index contributed by atoms with van der Waals surface area (Å²) in [4.78, 5) is 29.7. The molecule has 0 spiro atoms. The Hall–Kier alpha value is -4.26. The number of rotatable bonds is 14. The molecule has 0 fully saturated rings. The Labute approximate surface area is 249 Å². The number of nitrogens with zero attached hydrogens (tertiary/aromatic N) is 1. The lowest BCUT2D eigenvalue weighted by atomic mass is 9.97. The van der Waals surface area contributed by atoms with Crippen molar-refractivity contribution in [2.24, 2.45) is 0 Å². The quantitative estimate of drug-likeness (QED) is 0.244. The molecule has 0 radical (unpaired) electrons. The Kier molecular flexibility index (Phi) is 11.4. The Morgan fingerprint density at radius 3 is 2.24 bits per heavy atom. The predicted molar refractivity (Wildman–Crippen MR) is 165 cm³/mol. The van der Waals surface area contributed by atoms with Crippen molar-refractivity contribution in [3.05, 3.63) is 101 Å². The second-order valence-electron chi connectivity index (χ2n) is 10.6. The maximum absolute atomic E-state index is 14.1. The maximum Gasteiger partial charge on any atom is 0.243 e. The molecule has 0 saturated heterocycles. The van der Waals surface area contributed by atoms with Crippen LogP contribution in [0.25, 0.3) is 0 Å². The molecule has 1 aliphatic rings. The normalized spacial score (nSPS) is 13.5. The van der Waals surface area contributed by atoms with E-state index in [9.17, 15) is 9.59 Å². The fraction of sp³-hybridized carbons (Fsp3) is 0.371. The van der Waals surface area contributed by atoms with Gasteiger partial charge < -0.3 is 24.4 Å². The number of hydrogen-bond donors (Lipinski definition) is 1. The van der Waals surface area contributed by atoms with E-state index in [1.165, 1.54) is 18.4 Å². The van der Waals surface area contributed by atoms with Crippen molar-refractivity contribution >= 4 is 11.8 Å². The highest BCUT2D eigenvalue weighted by atomic mass is 16.5. The molecule has 0 unspecified atom stereocenters. The van der Waals surface area contributed by atoms with Crippen LogP contribution in [0.15, 0.2) is 84.4 Å². The molecule has 222 valence electrons. The standard InChI is InChI=1S/C35H42N2O5/c1-40-30-17-14-28(15-18-30)25-37(34(38)24-29-16-19-32(41-2)33(23-29)42-3)31(22-27-12-8-5-9-13-27)35(39)36-21-20-26-10-6-4-7-11-26/h5,8-10,12-19,23,31H,4,6-7,11,20-22,24-25H2,1-3H3,(H,36,39)/t31-/m1/s1. The van der Waals surface area contributed by atoms with Crippen LogP contribution in [0.5, 0.6) is 17.2 Å². The number of hydrogen-bond acceptors (Lipinski definition) is 5. The van der Waals surface area contributed by atoms with Gasteiger partial charge >= 0.3 is 0 Å². The number of ether oxygens (including phenoxy) is 3. The summed E-state index contributed by atoms with van der Waals surface area (Å²) in [7, 11) is 4.78. The van der Waals surface area contributed by atoms with E-state index in [4.69, 9.17) is 14.2 Å². The Balaban J connectivity index is 1.62. The second kappa shape index (κ2) is 15.7. The molecule has 7 nitrogen and oxygen atoms in total. The first-order valence-corrected chi connectivity index (χ1v) is 14.6. The van der Waals surface area contributed by atoms with Gasteiger partial charge in [0.25, 0.3) is 0 Å². The summed E-state index contributed by atoms with van der Waals surface area (Å²) in [5, 5.41) is 3.16. The first-order chi connectivity index (χ1) is 20.5. The summed E-state index contributed by atoms with van der Waals surface area (Å²) < 4.78 is 16.2. The van der Waals surface area contributed by atoms with E-state index in [1.807, 2.05) is 66.7 Å². The summed E-state index contributed by atoms with van der Waals surface area (Å²) in [5.41, 5.74) is 4.09. The fourth-order valence-corrected chi connectivity index (χ4v) is 5.34. The van der Waals surface area contributed by atoms with E-state index in [0.29, 0.717) is 24.5 Å². The van der Waals surface area contributed by atoms with Crippen molar-refractivity contribution in [2.75, 3.05) is 27.9 Å². The van der Waals surface area contributed by atoms with Crippen molar-refractivity contribution in [3.63, 3.8) is 0 Å².